The van der Waals surface area contributed by atoms with Gasteiger partial charge in [-0.1, -0.05) is 11.2 Å². The van der Waals surface area contributed by atoms with Crippen LogP contribution in [0.15, 0.2) is 35.6 Å². The summed E-state index contributed by atoms with van der Waals surface area (Å²) in [6.45, 7) is 0.418. The summed E-state index contributed by atoms with van der Waals surface area (Å²) in [6.07, 6.45) is 2.02. The molecular formula is C10H10N4. The first kappa shape index (κ1) is 8.66. The third kappa shape index (κ3) is 1.43. The monoisotopic (exact) mass is 186 g/mol. The number of aromatic nitrogens is 1. The Morgan fingerprint density at radius 1 is 1.43 bits per heavy atom. The lowest BCUT2D eigenvalue weighted by Gasteiger charge is -1.98. The largest absolute Gasteiger partial charge is 0.351 e. The quantitative estimate of drug-likeness (QED) is 0.393. The molecule has 0 amide bonds. The number of hydrogen-bond donors (Lipinski definition) is 0. The molecular weight excluding hydrogens is 176 g/mol. The summed E-state index contributed by atoms with van der Waals surface area (Å²) in [5, 5.41) is 4.71. The maximum atomic E-state index is 8.20. The average Bonchev–Trinajstić information content (AvgIpc) is 2.57. The van der Waals surface area contributed by atoms with Crippen molar-refractivity contribution in [2.45, 2.75) is 6.54 Å². The number of azide groups is 1. The van der Waals surface area contributed by atoms with E-state index in [0.29, 0.717) is 6.54 Å². The molecule has 1 heterocycles. The van der Waals surface area contributed by atoms with Crippen molar-refractivity contribution in [2.75, 3.05) is 0 Å². The highest BCUT2D eigenvalue weighted by molar-refractivity contribution is 5.80. The molecule has 4 nitrogen and oxygen atoms in total. The van der Waals surface area contributed by atoms with Crippen LogP contribution in [0, 0.1) is 0 Å². The molecule has 1 aromatic heterocycles. The van der Waals surface area contributed by atoms with E-state index in [1.807, 2.05) is 31.4 Å². The van der Waals surface area contributed by atoms with E-state index in [1.54, 1.807) is 0 Å². The number of rotatable bonds is 2. The molecule has 2 rings (SSSR count). The lowest BCUT2D eigenvalue weighted by molar-refractivity contribution is 0.968. The van der Waals surface area contributed by atoms with Crippen LogP contribution in [0.1, 0.15) is 5.56 Å². The molecule has 0 fully saturated rings. The van der Waals surface area contributed by atoms with Gasteiger partial charge in [-0.2, -0.15) is 0 Å². The Morgan fingerprint density at radius 3 is 3.07 bits per heavy atom. The van der Waals surface area contributed by atoms with Gasteiger partial charge in [0, 0.05) is 23.7 Å². The molecule has 0 aliphatic carbocycles. The molecule has 14 heavy (non-hydrogen) atoms. The summed E-state index contributed by atoms with van der Waals surface area (Å²) >= 11 is 0. The van der Waals surface area contributed by atoms with Crippen LogP contribution in [0.5, 0.6) is 0 Å². The summed E-state index contributed by atoms with van der Waals surface area (Å²) in [5.41, 5.74) is 10.4. The minimum atomic E-state index is 0.418. The van der Waals surface area contributed by atoms with E-state index >= 15 is 0 Å². The van der Waals surface area contributed by atoms with Gasteiger partial charge >= 0.3 is 0 Å². The van der Waals surface area contributed by atoms with Gasteiger partial charge < -0.3 is 4.57 Å². The highest BCUT2D eigenvalue weighted by atomic mass is 15.1. The summed E-state index contributed by atoms with van der Waals surface area (Å²) < 4.78 is 2.06. The van der Waals surface area contributed by atoms with Crippen LogP contribution in [0.2, 0.25) is 0 Å². The summed E-state index contributed by atoms with van der Waals surface area (Å²) in [6, 6.07) is 8.12. The van der Waals surface area contributed by atoms with Crippen LogP contribution in [0.4, 0.5) is 0 Å². The smallest absolute Gasteiger partial charge is 0.0511 e. The molecule has 70 valence electrons. The number of benzene rings is 1. The van der Waals surface area contributed by atoms with E-state index < -0.39 is 0 Å². The third-order valence-electron chi connectivity index (χ3n) is 2.27. The normalized spacial score (nSPS) is 10.1. The maximum Gasteiger partial charge on any atom is 0.0511 e. The van der Waals surface area contributed by atoms with E-state index in [0.717, 1.165) is 5.56 Å². The van der Waals surface area contributed by atoms with Gasteiger partial charge in [-0.15, -0.1) is 0 Å². The van der Waals surface area contributed by atoms with Crippen molar-refractivity contribution in [3.8, 4) is 0 Å². The number of nitrogens with zero attached hydrogens (tertiary/aromatic N) is 4. The zero-order valence-corrected chi connectivity index (χ0v) is 7.88. The van der Waals surface area contributed by atoms with E-state index in [-0.39, 0.29) is 0 Å². The minimum absolute atomic E-state index is 0.418. The van der Waals surface area contributed by atoms with Crippen LogP contribution in [0.3, 0.4) is 0 Å². The van der Waals surface area contributed by atoms with Gasteiger partial charge in [-0.05, 0) is 34.7 Å². The lowest BCUT2D eigenvalue weighted by Crippen LogP contribution is -1.84. The molecule has 0 bridgehead atoms. The fourth-order valence-electron chi connectivity index (χ4n) is 1.54. The second kappa shape index (κ2) is 3.44. The van der Waals surface area contributed by atoms with E-state index in [9.17, 15) is 0 Å². The van der Waals surface area contributed by atoms with Crippen LogP contribution in [0.25, 0.3) is 21.3 Å². The van der Waals surface area contributed by atoms with Crippen LogP contribution < -0.4 is 0 Å². The second-order valence-corrected chi connectivity index (χ2v) is 3.21. The minimum Gasteiger partial charge on any atom is -0.351 e. The Bertz CT molecular complexity index is 506. The predicted octanol–water partition coefficient (Wildman–Crippen LogP) is 2.99. The van der Waals surface area contributed by atoms with Crippen LogP contribution in [-0.4, -0.2) is 4.57 Å². The third-order valence-corrected chi connectivity index (χ3v) is 2.27. The van der Waals surface area contributed by atoms with Crippen molar-refractivity contribution in [3.05, 3.63) is 46.5 Å². The molecule has 0 saturated carbocycles. The van der Waals surface area contributed by atoms with Crippen molar-refractivity contribution >= 4 is 10.9 Å². The zero-order valence-electron chi connectivity index (χ0n) is 7.88. The van der Waals surface area contributed by atoms with Crippen LogP contribution in [-0.2, 0) is 13.6 Å². The predicted molar refractivity (Wildman–Crippen MR) is 55.8 cm³/mol. The molecule has 0 saturated heterocycles. The van der Waals surface area contributed by atoms with E-state index in [1.165, 1.54) is 10.9 Å². The Labute approximate surface area is 81.4 Å². The second-order valence-electron chi connectivity index (χ2n) is 3.21. The molecule has 0 spiro atoms. The van der Waals surface area contributed by atoms with Crippen molar-refractivity contribution < 1.29 is 0 Å². The van der Waals surface area contributed by atoms with Gasteiger partial charge in [0.15, 0.2) is 0 Å². The maximum absolute atomic E-state index is 8.20. The molecule has 0 aliphatic rings. The molecule has 0 aliphatic heterocycles. The molecule has 0 radical (unpaired) electrons. The van der Waals surface area contributed by atoms with Gasteiger partial charge in [0.25, 0.3) is 0 Å². The molecule has 0 unspecified atom stereocenters. The first-order valence-corrected chi connectivity index (χ1v) is 4.36. The van der Waals surface area contributed by atoms with Crippen molar-refractivity contribution in [3.63, 3.8) is 0 Å². The molecule has 4 heteroatoms. The molecule has 0 N–H and O–H groups in total. The summed E-state index contributed by atoms with van der Waals surface area (Å²) in [4.78, 5) is 2.74. The molecule has 0 atom stereocenters. The zero-order chi connectivity index (χ0) is 9.97. The first-order valence-electron chi connectivity index (χ1n) is 4.36. The van der Waals surface area contributed by atoms with Crippen LogP contribution >= 0.6 is 0 Å². The number of aryl methyl sites for hydroxylation is 1. The molecule has 1 aromatic carbocycles. The Balaban J connectivity index is 2.46. The fraction of sp³-hybridized carbons (Fsp3) is 0.200. The first-order chi connectivity index (χ1) is 6.81. The lowest BCUT2D eigenvalue weighted by atomic mass is 10.1. The highest BCUT2D eigenvalue weighted by Crippen LogP contribution is 2.16. The standard InChI is InChI=1S/C10H10N4/c1-14-5-4-9-6-8(7-12-13-11)2-3-10(9)14/h2-6H,7H2,1H3. The van der Waals surface area contributed by atoms with Gasteiger partial charge in [-0.25, -0.2) is 0 Å². The fourth-order valence-corrected chi connectivity index (χ4v) is 1.54. The van der Waals surface area contributed by atoms with Gasteiger partial charge in [0.05, 0.1) is 6.54 Å². The SMILES string of the molecule is Cn1ccc2cc(CN=[N+]=[N-])ccc21. The van der Waals surface area contributed by atoms with E-state index in [4.69, 9.17) is 5.53 Å². The van der Waals surface area contributed by atoms with Crippen molar-refractivity contribution in [1.82, 2.24) is 4.57 Å². The molecule has 2 aromatic rings. The highest BCUT2D eigenvalue weighted by Gasteiger charge is 1.98. The Kier molecular flexibility index (Phi) is 2.13. The Hall–Kier alpha value is -1.93. The summed E-state index contributed by atoms with van der Waals surface area (Å²) in [5.74, 6) is 0. The van der Waals surface area contributed by atoms with Crippen molar-refractivity contribution in [1.29, 1.82) is 0 Å². The van der Waals surface area contributed by atoms with Crippen molar-refractivity contribution in [2.24, 2.45) is 12.2 Å². The average molecular weight is 186 g/mol. The summed E-state index contributed by atoms with van der Waals surface area (Å²) in [7, 11) is 2.01. The van der Waals surface area contributed by atoms with E-state index in [2.05, 4.69) is 20.7 Å². The Morgan fingerprint density at radius 2 is 2.29 bits per heavy atom. The van der Waals surface area contributed by atoms with Gasteiger partial charge in [0.2, 0.25) is 0 Å². The topological polar surface area (TPSA) is 53.7 Å². The number of fused-ring (bicyclic) bond motifs is 1. The number of hydrogen-bond acceptors (Lipinski definition) is 1. The van der Waals surface area contributed by atoms with Gasteiger partial charge in [0.1, 0.15) is 0 Å². The van der Waals surface area contributed by atoms with Gasteiger partial charge in [-0.3, -0.25) is 0 Å².